The number of carboxylic acid groups (broad SMARTS) is 2. The second kappa shape index (κ2) is 13.2. The van der Waals surface area contributed by atoms with Crippen molar-refractivity contribution >= 4 is 40.9 Å². The van der Waals surface area contributed by atoms with Gasteiger partial charge in [0, 0.05) is 25.8 Å². The molecular weight excluding hydrogens is 420 g/mol. The molecule has 2 rings (SSSR count). The molecule has 1 aliphatic carbocycles. The van der Waals surface area contributed by atoms with Crippen LogP contribution in [0.5, 0.6) is 0 Å². The molecule has 0 bridgehead atoms. The van der Waals surface area contributed by atoms with E-state index in [1.807, 2.05) is 49.5 Å². The van der Waals surface area contributed by atoms with E-state index in [0.29, 0.717) is 25.9 Å². The second-order valence-electron chi connectivity index (χ2n) is 7.11. The minimum Gasteiger partial charge on any atom is -0.481 e. The molecule has 0 saturated heterocycles. The Balaban J connectivity index is 0.000000452. The number of hydrogen-bond donors (Lipinski definition) is 5. The molecule has 31 heavy (non-hydrogen) atoms. The average molecular weight is 451 g/mol. The number of benzene rings is 1. The van der Waals surface area contributed by atoms with Crippen LogP contribution in [-0.4, -0.2) is 59.4 Å². The van der Waals surface area contributed by atoms with Gasteiger partial charge in [-0.1, -0.05) is 30.4 Å². The Kier molecular flexibility index (Phi) is 11.0. The molecule has 0 fully saturated rings. The molecule has 1 aliphatic rings. The van der Waals surface area contributed by atoms with Crippen molar-refractivity contribution in [3.05, 3.63) is 42.5 Å². The lowest BCUT2D eigenvalue weighted by molar-refractivity contribution is -0.147. The first-order valence-corrected chi connectivity index (χ1v) is 10.2. The number of allylic oxidation sites excluding steroid dienone is 2. The highest BCUT2D eigenvalue weighted by Gasteiger charge is 2.33. The van der Waals surface area contributed by atoms with Crippen LogP contribution in [0.15, 0.2) is 42.5 Å². The summed E-state index contributed by atoms with van der Waals surface area (Å²) in [5.74, 6) is -3.12. The van der Waals surface area contributed by atoms with Crippen molar-refractivity contribution in [2.24, 2.45) is 17.6 Å². The predicted octanol–water partition coefficient (Wildman–Crippen LogP) is 1.20. The molecule has 1 aromatic carbocycles. The number of nitrogens with zero attached hydrogens (tertiary/aromatic N) is 1. The zero-order valence-electron chi connectivity index (χ0n) is 17.7. The number of anilines is 1. The van der Waals surface area contributed by atoms with E-state index in [0.717, 1.165) is 5.69 Å². The molecule has 0 heterocycles. The van der Waals surface area contributed by atoms with Gasteiger partial charge in [0.1, 0.15) is 6.04 Å². The number of carbonyl (C=O) groups is 3. The van der Waals surface area contributed by atoms with E-state index in [4.69, 9.17) is 10.8 Å². The lowest BCUT2D eigenvalue weighted by Crippen LogP contribution is -2.41. The number of carbonyl (C=O) groups excluding carboxylic acids is 1. The van der Waals surface area contributed by atoms with Crippen molar-refractivity contribution in [2.45, 2.75) is 25.8 Å². The maximum absolute atomic E-state index is 12.2. The van der Waals surface area contributed by atoms with Gasteiger partial charge in [-0.2, -0.15) is 0 Å². The normalized spacial score (nSPS) is 18.0. The standard InChI is InChI=1S/C17H22N2O3.C4H8N2O2S/c1-19(13-7-3-2-4-8-13)12-11-18-16(20)14-9-5-6-10-15(14)17(21)22;1-2(3(7)8)6-4(5)9/h2-8,14-15H,9-12H2,1H3,(H,18,20)(H,21,22);2H,1H3,(H,7,8)(H3,5,6,9). The van der Waals surface area contributed by atoms with E-state index in [1.54, 1.807) is 0 Å². The average Bonchev–Trinajstić information content (AvgIpc) is 2.74. The van der Waals surface area contributed by atoms with Gasteiger partial charge in [0.05, 0.1) is 11.8 Å². The monoisotopic (exact) mass is 450 g/mol. The molecule has 0 radical (unpaired) electrons. The quantitative estimate of drug-likeness (QED) is 0.291. The third kappa shape index (κ3) is 9.47. The third-order valence-electron chi connectivity index (χ3n) is 4.76. The lowest BCUT2D eigenvalue weighted by Gasteiger charge is -2.25. The molecule has 0 spiro atoms. The molecule has 3 atom stereocenters. The highest BCUT2D eigenvalue weighted by Crippen LogP contribution is 2.25. The van der Waals surface area contributed by atoms with Crippen molar-refractivity contribution in [1.82, 2.24) is 10.6 Å². The van der Waals surface area contributed by atoms with Crippen LogP contribution in [-0.2, 0) is 14.4 Å². The predicted molar refractivity (Wildman–Crippen MR) is 123 cm³/mol. The molecule has 0 aliphatic heterocycles. The van der Waals surface area contributed by atoms with Crippen LogP contribution < -0.4 is 21.3 Å². The smallest absolute Gasteiger partial charge is 0.325 e. The Morgan fingerprint density at radius 2 is 1.74 bits per heavy atom. The van der Waals surface area contributed by atoms with Crippen molar-refractivity contribution in [2.75, 3.05) is 25.0 Å². The Morgan fingerprint density at radius 3 is 2.23 bits per heavy atom. The summed E-state index contributed by atoms with van der Waals surface area (Å²) >= 11 is 4.39. The van der Waals surface area contributed by atoms with Crippen LogP contribution in [0.3, 0.4) is 0 Å². The topological polar surface area (TPSA) is 145 Å². The summed E-state index contributed by atoms with van der Waals surface area (Å²) in [6.45, 7) is 2.63. The fourth-order valence-corrected chi connectivity index (χ4v) is 3.12. The number of para-hydroxylation sites is 1. The number of nitrogens with two attached hydrogens (primary N) is 1. The van der Waals surface area contributed by atoms with E-state index >= 15 is 0 Å². The fraction of sp³-hybridized carbons (Fsp3) is 0.429. The first kappa shape index (κ1) is 25.9. The maximum Gasteiger partial charge on any atom is 0.325 e. The number of carboxylic acids is 2. The van der Waals surface area contributed by atoms with Crippen molar-refractivity contribution in [3.63, 3.8) is 0 Å². The first-order chi connectivity index (χ1) is 14.6. The maximum atomic E-state index is 12.2. The van der Waals surface area contributed by atoms with Crippen LogP contribution in [0, 0.1) is 11.8 Å². The summed E-state index contributed by atoms with van der Waals surface area (Å²) in [5.41, 5.74) is 6.07. The van der Waals surface area contributed by atoms with Crippen LogP contribution in [0.2, 0.25) is 0 Å². The molecule has 10 heteroatoms. The second-order valence-corrected chi connectivity index (χ2v) is 7.55. The Morgan fingerprint density at radius 1 is 1.16 bits per heavy atom. The minimum atomic E-state index is -0.970. The summed E-state index contributed by atoms with van der Waals surface area (Å²) in [7, 11) is 1.96. The van der Waals surface area contributed by atoms with Crippen molar-refractivity contribution in [3.8, 4) is 0 Å². The number of aliphatic carboxylic acids is 2. The largest absolute Gasteiger partial charge is 0.481 e. The van der Waals surface area contributed by atoms with E-state index < -0.39 is 29.8 Å². The summed E-state index contributed by atoms with van der Waals surface area (Å²) in [4.78, 5) is 35.5. The molecular formula is C21H30N4O5S. The number of thiocarbonyl (C=S) groups is 1. The van der Waals surface area contributed by atoms with Crippen LogP contribution in [0.1, 0.15) is 19.8 Å². The van der Waals surface area contributed by atoms with E-state index in [1.165, 1.54) is 6.92 Å². The third-order valence-corrected chi connectivity index (χ3v) is 4.88. The number of nitrogens with one attached hydrogen (secondary N) is 2. The number of rotatable bonds is 8. The van der Waals surface area contributed by atoms with Gasteiger partial charge in [0.25, 0.3) is 0 Å². The van der Waals surface area contributed by atoms with Gasteiger partial charge in [-0.05, 0) is 44.1 Å². The van der Waals surface area contributed by atoms with Gasteiger partial charge >= 0.3 is 11.9 Å². The highest BCUT2D eigenvalue weighted by atomic mass is 32.1. The van der Waals surface area contributed by atoms with Crippen LogP contribution in [0.4, 0.5) is 5.69 Å². The molecule has 6 N–H and O–H groups in total. The van der Waals surface area contributed by atoms with Gasteiger partial charge in [-0.15, -0.1) is 0 Å². The van der Waals surface area contributed by atoms with Crippen molar-refractivity contribution < 1.29 is 24.6 Å². The van der Waals surface area contributed by atoms with E-state index in [2.05, 4.69) is 27.8 Å². The Labute approximate surface area is 187 Å². The van der Waals surface area contributed by atoms with Crippen LogP contribution in [0.25, 0.3) is 0 Å². The number of likely N-dealkylation sites (N-methyl/N-ethyl adjacent to an activating group) is 1. The van der Waals surface area contributed by atoms with Gasteiger partial charge in [-0.3, -0.25) is 14.4 Å². The SMILES string of the molecule is CC(NC(N)=S)C(=O)O.CN(CCNC(=O)C1CC=CCC1C(=O)O)c1ccccc1. The zero-order valence-corrected chi connectivity index (χ0v) is 18.5. The molecule has 170 valence electrons. The zero-order chi connectivity index (χ0) is 23.4. The molecule has 1 amide bonds. The van der Waals surface area contributed by atoms with Gasteiger partial charge < -0.3 is 31.5 Å². The van der Waals surface area contributed by atoms with E-state index in [-0.39, 0.29) is 11.0 Å². The van der Waals surface area contributed by atoms with Gasteiger partial charge in [0.2, 0.25) is 5.91 Å². The van der Waals surface area contributed by atoms with Gasteiger partial charge in [-0.25, -0.2) is 0 Å². The lowest BCUT2D eigenvalue weighted by atomic mass is 9.82. The first-order valence-electron chi connectivity index (χ1n) is 9.84. The minimum absolute atomic E-state index is 0.00454. The Bertz CT molecular complexity index is 787. The van der Waals surface area contributed by atoms with Crippen LogP contribution >= 0.6 is 12.2 Å². The van der Waals surface area contributed by atoms with E-state index in [9.17, 15) is 19.5 Å². The number of amides is 1. The van der Waals surface area contributed by atoms with Crippen molar-refractivity contribution in [1.29, 1.82) is 0 Å². The fourth-order valence-electron chi connectivity index (χ4n) is 2.94. The molecule has 9 nitrogen and oxygen atoms in total. The molecule has 3 unspecified atom stereocenters. The van der Waals surface area contributed by atoms with Gasteiger partial charge in [0.15, 0.2) is 5.11 Å². The highest BCUT2D eigenvalue weighted by molar-refractivity contribution is 7.80. The summed E-state index contributed by atoms with van der Waals surface area (Å²) in [5, 5.41) is 22.7. The Hall–Kier alpha value is -3.14. The molecule has 0 aromatic heterocycles. The summed E-state index contributed by atoms with van der Waals surface area (Å²) < 4.78 is 0. The summed E-state index contributed by atoms with van der Waals surface area (Å²) in [6, 6.07) is 9.21. The molecule has 0 saturated carbocycles. The summed E-state index contributed by atoms with van der Waals surface area (Å²) in [6.07, 6.45) is 4.65. The number of hydrogen-bond acceptors (Lipinski definition) is 5. The molecule has 1 aromatic rings.